The molecular formula is C17H14F3NO4. The number of alkyl halides is 3. The summed E-state index contributed by atoms with van der Waals surface area (Å²) in [6.45, 7) is 1.66. The minimum absolute atomic E-state index is 0.232. The maximum atomic E-state index is 12.1. The fraction of sp³-hybridized carbons (Fsp3) is 0.176. The lowest BCUT2D eigenvalue weighted by molar-refractivity contribution is -0.274. The first-order chi connectivity index (χ1) is 11.8. The summed E-state index contributed by atoms with van der Waals surface area (Å²) >= 11 is 0. The Labute approximate surface area is 141 Å². The molecule has 5 nitrogen and oxygen atoms in total. The van der Waals surface area contributed by atoms with Gasteiger partial charge in [0.1, 0.15) is 11.5 Å². The third kappa shape index (κ3) is 5.83. The predicted octanol–water partition coefficient (Wildman–Crippen LogP) is 4.15. The number of rotatable bonds is 5. The van der Waals surface area contributed by atoms with E-state index >= 15 is 0 Å². The van der Waals surface area contributed by atoms with Gasteiger partial charge in [-0.25, -0.2) is 0 Å². The molecule has 0 aliphatic heterocycles. The molecule has 0 atom stereocenters. The molecule has 0 saturated heterocycles. The summed E-state index contributed by atoms with van der Waals surface area (Å²) in [4.78, 5) is 23.3. The van der Waals surface area contributed by atoms with Gasteiger partial charge in [-0.2, -0.15) is 0 Å². The minimum atomic E-state index is -4.77. The predicted molar refractivity (Wildman–Crippen MR) is 83.4 cm³/mol. The van der Waals surface area contributed by atoms with Gasteiger partial charge in [0, 0.05) is 17.7 Å². The lowest BCUT2D eigenvalue weighted by Gasteiger charge is -2.10. The summed E-state index contributed by atoms with van der Waals surface area (Å²) in [5.41, 5.74) is 0.605. The average molecular weight is 353 g/mol. The van der Waals surface area contributed by atoms with Crippen LogP contribution in [0.2, 0.25) is 0 Å². The Morgan fingerprint density at radius 2 is 1.52 bits per heavy atom. The molecule has 0 spiro atoms. The van der Waals surface area contributed by atoms with E-state index in [9.17, 15) is 22.8 Å². The Kier molecular flexibility index (Phi) is 5.63. The maximum Gasteiger partial charge on any atom is 0.573 e. The molecule has 0 radical (unpaired) electrons. The number of halogens is 3. The quantitative estimate of drug-likeness (QED) is 0.648. The van der Waals surface area contributed by atoms with Gasteiger partial charge in [0.25, 0.3) is 5.91 Å². The molecule has 0 bridgehead atoms. The zero-order valence-corrected chi connectivity index (χ0v) is 13.1. The Morgan fingerprint density at radius 1 is 0.960 bits per heavy atom. The van der Waals surface area contributed by atoms with Gasteiger partial charge < -0.3 is 14.8 Å². The first-order valence-corrected chi connectivity index (χ1v) is 7.25. The molecule has 0 fully saturated rings. The molecule has 2 aromatic carbocycles. The second-order valence-corrected chi connectivity index (χ2v) is 4.88. The van der Waals surface area contributed by atoms with Crippen molar-refractivity contribution >= 4 is 17.6 Å². The van der Waals surface area contributed by atoms with Crippen molar-refractivity contribution in [2.75, 3.05) is 5.32 Å². The lowest BCUT2D eigenvalue weighted by Crippen LogP contribution is -2.17. The molecule has 0 aromatic heterocycles. The molecule has 132 valence electrons. The largest absolute Gasteiger partial charge is 0.573 e. The third-order valence-corrected chi connectivity index (χ3v) is 2.98. The van der Waals surface area contributed by atoms with Gasteiger partial charge >= 0.3 is 12.3 Å². The summed E-state index contributed by atoms with van der Waals surface area (Å²) in [6, 6.07) is 10.6. The van der Waals surface area contributed by atoms with E-state index in [2.05, 4.69) is 10.1 Å². The van der Waals surface area contributed by atoms with Crippen LogP contribution >= 0.6 is 0 Å². The van der Waals surface area contributed by atoms with Crippen LogP contribution in [0.15, 0.2) is 48.5 Å². The van der Waals surface area contributed by atoms with Gasteiger partial charge in [-0.1, -0.05) is 6.92 Å². The van der Waals surface area contributed by atoms with Crippen molar-refractivity contribution in [2.24, 2.45) is 0 Å². The van der Waals surface area contributed by atoms with Crippen LogP contribution < -0.4 is 14.8 Å². The molecule has 0 heterocycles. The fourth-order valence-electron chi connectivity index (χ4n) is 1.82. The molecular weight excluding hydrogens is 339 g/mol. The minimum Gasteiger partial charge on any atom is -0.427 e. The van der Waals surface area contributed by atoms with Gasteiger partial charge in [-0.05, 0) is 48.5 Å². The molecule has 1 amide bonds. The summed E-state index contributed by atoms with van der Waals surface area (Å²) in [5.74, 6) is -0.916. The standard InChI is InChI=1S/C17H14F3NO4/c1-2-15(22)24-13-7-3-11(4-8-13)16(23)21-12-5-9-14(10-6-12)25-17(18,19)20/h3-10H,2H2,1H3,(H,21,23). The number of nitrogens with one attached hydrogen (secondary N) is 1. The first kappa shape index (κ1) is 18.3. The fourth-order valence-corrected chi connectivity index (χ4v) is 1.82. The number of carbonyl (C=O) groups is 2. The molecule has 2 aromatic rings. The van der Waals surface area contributed by atoms with Gasteiger partial charge in [0.15, 0.2) is 0 Å². The van der Waals surface area contributed by atoms with E-state index in [-0.39, 0.29) is 12.2 Å². The van der Waals surface area contributed by atoms with Gasteiger partial charge in [0.2, 0.25) is 0 Å². The average Bonchev–Trinajstić information content (AvgIpc) is 2.56. The van der Waals surface area contributed by atoms with Crippen LogP contribution in [-0.4, -0.2) is 18.2 Å². The normalized spacial score (nSPS) is 10.9. The first-order valence-electron chi connectivity index (χ1n) is 7.25. The van der Waals surface area contributed by atoms with E-state index in [0.29, 0.717) is 17.0 Å². The van der Waals surface area contributed by atoms with Crippen LogP contribution in [0, 0.1) is 0 Å². The van der Waals surface area contributed by atoms with Crippen LogP contribution in [0.1, 0.15) is 23.7 Å². The number of ether oxygens (including phenoxy) is 2. The van der Waals surface area contributed by atoms with Crippen molar-refractivity contribution in [2.45, 2.75) is 19.7 Å². The maximum absolute atomic E-state index is 12.1. The van der Waals surface area contributed by atoms with E-state index in [4.69, 9.17) is 4.74 Å². The molecule has 2 rings (SSSR count). The molecule has 0 unspecified atom stereocenters. The Balaban J connectivity index is 1.98. The van der Waals surface area contributed by atoms with E-state index in [0.717, 1.165) is 12.1 Å². The highest BCUT2D eigenvalue weighted by molar-refractivity contribution is 6.04. The van der Waals surface area contributed by atoms with Crippen LogP contribution in [0.3, 0.4) is 0 Å². The Hall–Kier alpha value is -3.03. The van der Waals surface area contributed by atoms with Crippen molar-refractivity contribution in [3.63, 3.8) is 0 Å². The number of benzene rings is 2. The van der Waals surface area contributed by atoms with Crippen LogP contribution in [0.25, 0.3) is 0 Å². The number of hydrogen-bond acceptors (Lipinski definition) is 4. The highest BCUT2D eigenvalue weighted by atomic mass is 19.4. The van der Waals surface area contributed by atoms with Gasteiger partial charge in [-0.15, -0.1) is 13.2 Å². The highest BCUT2D eigenvalue weighted by Crippen LogP contribution is 2.24. The van der Waals surface area contributed by atoms with Crippen LogP contribution in [-0.2, 0) is 4.79 Å². The summed E-state index contributed by atoms with van der Waals surface area (Å²) in [7, 11) is 0. The Morgan fingerprint density at radius 3 is 2.04 bits per heavy atom. The molecule has 0 aliphatic carbocycles. The van der Waals surface area contributed by atoms with Crippen molar-refractivity contribution in [3.05, 3.63) is 54.1 Å². The molecule has 8 heteroatoms. The number of amides is 1. The van der Waals surface area contributed by atoms with Gasteiger partial charge in [0.05, 0.1) is 0 Å². The smallest absolute Gasteiger partial charge is 0.427 e. The highest BCUT2D eigenvalue weighted by Gasteiger charge is 2.30. The van der Waals surface area contributed by atoms with Gasteiger partial charge in [-0.3, -0.25) is 9.59 Å². The lowest BCUT2D eigenvalue weighted by atomic mass is 10.2. The second-order valence-electron chi connectivity index (χ2n) is 4.88. The summed E-state index contributed by atoms with van der Waals surface area (Å²) in [6.07, 6.45) is -4.54. The van der Waals surface area contributed by atoms with Crippen LogP contribution in [0.5, 0.6) is 11.5 Å². The van der Waals surface area contributed by atoms with Crippen molar-refractivity contribution in [1.29, 1.82) is 0 Å². The van der Waals surface area contributed by atoms with Crippen molar-refractivity contribution in [3.8, 4) is 11.5 Å². The zero-order valence-electron chi connectivity index (χ0n) is 13.1. The molecule has 0 saturated carbocycles. The van der Waals surface area contributed by atoms with Crippen LogP contribution in [0.4, 0.5) is 18.9 Å². The topological polar surface area (TPSA) is 64.6 Å². The van der Waals surface area contributed by atoms with Crippen molar-refractivity contribution in [1.82, 2.24) is 0 Å². The monoisotopic (exact) mass is 353 g/mol. The number of carbonyl (C=O) groups excluding carboxylic acids is 2. The molecule has 0 aliphatic rings. The van der Waals surface area contributed by atoms with Crippen molar-refractivity contribution < 1.29 is 32.2 Å². The molecule has 1 N–H and O–H groups in total. The van der Waals surface area contributed by atoms with E-state index < -0.39 is 18.2 Å². The summed E-state index contributed by atoms with van der Waals surface area (Å²) in [5, 5.41) is 2.54. The molecule has 25 heavy (non-hydrogen) atoms. The SMILES string of the molecule is CCC(=O)Oc1ccc(C(=O)Nc2ccc(OC(F)(F)F)cc2)cc1. The second kappa shape index (κ2) is 7.69. The summed E-state index contributed by atoms with van der Waals surface area (Å²) < 4.78 is 45.0. The Bertz CT molecular complexity index is 740. The number of anilines is 1. The number of esters is 1. The van der Waals surface area contributed by atoms with E-state index in [1.54, 1.807) is 6.92 Å². The van der Waals surface area contributed by atoms with E-state index in [1.807, 2.05) is 0 Å². The third-order valence-electron chi connectivity index (χ3n) is 2.98. The number of hydrogen-bond donors (Lipinski definition) is 1. The van der Waals surface area contributed by atoms with E-state index in [1.165, 1.54) is 36.4 Å². The zero-order chi connectivity index (χ0) is 18.4.